The monoisotopic (exact) mass is 506 g/mol. The van der Waals surface area contributed by atoms with E-state index in [0.717, 1.165) is 0 Å². The van der Waals surface area contributed by atoms with E-state index in [4.69, 9.17) is 47.6 Å². The number of aliphatic carboxylic acids is 2. The number of carboxylic acids is 2. The Labute approximate surface area is 196 Å². The summed E-state index contributed by atoms with van der Waals surface area (Å²) in [5.41, 5.74) is 0. The number of nitrogens with one attached hydrogen (secondary N) is 2. The summed E-state index contributed by atoms with van der Waals surface area (Å²) in [4.78, 5) is 44.2. The lowest BCUT2D eigenvalue weighted by atomic mass is 10.3. The summed E-state index contributed by atoms with van der Waals surface area (Å²) < 4.78 is 15.4. The molecular weight excluding hydrogens is 487 g/mol. The first kappa shape index (κ1) is 26.0. The standard InChI is InChI=1S/C16H20Cl2N8O7/c1-7(19-13-21-11(17)23-15(25-13)32-5-9(27)28)3-31-4-8(2)20-14-22-12(18)24-16(26-14)33-6-10(29)30/h7-8H,3-6H2,1-2H3,(H,27,28)(H,29,30)(H,19,21,23,25)(H,20,22,24,26). The van der Waals surface area contributed by atoms with E-state index in [-0.39, 0.29) is 59.8 Å². The minimum atomic E-state index is -1.19. The average Bonchev–Trinajstić information content (AvgIpc) is 2.70. The molecular formula is C16H20Cl2N8O7. The molecule has 0 bridgehead atoms. The molecule has 180 valence electrons. The van der Waals surface area contributed by atoms with E-state index < -0.39 is 25.2 Å². The molecule has 2 heterocycles. The molecule has 0 aromatic carbocycles. The van der Waals surface area contributed by atoms with Gasteiger partial charge in [-0.25, -0.2) is 9.59 Å². The molecule has 2 aromatic rings. The third-order valence-electron chi connectivity index (χ3n) is 3.31. The van der Waals surface area contributed by atoms with Crippen LogP contribution in [0.2, 0.25) is 10.6 Å². The van der Waals surface area contributed by atoms with Crippen molar-refractivity contribution < 1.29 is 34.0 Å². The van der Waals surface area contributed by atoms with Gasteiger partial charge in [0.15, 0.2) is 13.2 Å². The SMILES string of the molecule is CC(COCC(C)Nc1nc(Cl)nc(OCC(=O)O)n1)Nc1nc(Cl)nc(OCC(=O)O)n1. The summed E-state index contributed by atoms with van der Waals surface area (Å²) >= 11 is 11.6. The third-order valence-corrected chi connectivity index (χ3v) is 3.65. The number of nitrogens with zero attached hydrogens (tertiary/aromatic N) is 6. The van der Waals surface area contributed by atoms with Gasteiger partial charge >= 0.3 is 24.0 Å². The highest BCUT2D eigenvalue weighted by Crippen LogP contribution is 2.13. The number of carbonyl (C=O) groups is 2. The molecule has 0 aliphatic rings. The van der Waals surface area contributed by atoms with Crippen LogP contribution in [0.25, 0.3) is 0 Å². The first-order valence-corrected chi connectivity index (χ1v) is 9.99. The van der Waals surface area contributed by atoms with Gasteiger partial charge in [-0.05, 0) is 37.0 Å². The number of halogens is 2. The van der Waals surface area contributed by atoms with Crippen LogP contribution >= 0.6 is 23.2 Å². The number of aromatic nitrogens is 6. The summed E-state index contributed by atoms with van der Waals surface area (Å²) in [7, 11) is 0. The predicted octanol–water partition coefficient (Wildman–Crippen LogP) is 0.608. The molecule has 4 N–H and O–H groups in total. The summed E-state index contributed by atoms with van der Waals surface area (Å²) in [5, 5.41) is 22.9. The van der Waals surface area contributed by atoms with Crippen LogP contribution < -0.4 is 20.1 Å². The molecule has 0 radical (unpaired) electrons. The molecule has 0 aliphatic heterocycles. The van der Waals surface area contributed by atoms with Crippen LogP contribution in [0.1, 0.15) is 13.8 Å². The Balaban J connectivity index is 1.81. The molecule has 0 saturated heterocycles. The van der Waals surface area contributed by atoms with E-state index in [9.17, 15) is 9.59 Å². The minimum absolute atomic E-state index is 0.0892. The van der Waals surface area contributed by atoms with Gasteiger partial charge in [-0.3, -0.25) is 0 Å². The largest absolute Gasteiger partial charge is 0.479 e. The Bertz CT molecular complexity index is 895. The van der Waals surface area contributed by atoms with Crippen molar-refractivity contribution in [2.45, 2.75) is 25.9 Å². The van der Waals surface area contributed by atoms with E-state index >= 15 is 0 Å². The van der Waals surface area contributed by atoms with Gasteiger partial charge in [-0.2, -0.15) is 29.9 Å². The van der Waals surface area contributed by atoms with Crippen molar-refractivity contribution in [3.63, 3.8) is 0 Å². The van der Waals surface area contributed by atoms with E-state index in [1.54, 1.807) is 13.8 Å². The molecule has 2 aromatic heterocycles. The maximum absolute atomic E-state index is 10.6. The Hall–Kier alpha value is -3.30. The third kappa shape index (κ3) is 10.2. The second-order valence-electron chi connectivity index (χ2n) is 6.41. The number of hydrogen-bond donors (Lipinski definition) is 4. The predicted molar refractivity (Wildman–Crippen MR) is 113 cm³/mol. The van der Waals surface area contributed by atoms with Crippen molar-refractivity contribution in [1.82, 2.24) is 29.9 Å². The Kier molecular flexibility index (Phi) is 9.96. The molecule has 17 heteroatoms. The Morgan fingerprint density at radius 1 is 0.788 bits per heavy atom. The summed E-state index contributed by atoms with van der Waals surface area (Å²) in [5.74, 6) is -2.19. The fraction of sp³-hybridized carbons (Fsp3) is 0.500. The van der Waals surface area contributed by atoms with Crippen molar-refractivity contribution in [2.75, 3.05) is 37.1 Å². The molecule has 0 amide bonds. The number of anilines is 2. The highest BCUT2D eigenvalue weighted by Gasteiger charge is 2.13. The molecule has 2 atom stereocenters. The molecule has 0 fully saturated rings. The zero-order valence-electron chi connectivity index (χ0n) is 17.4. The first-order valence-electron chi connectivity index (χ1n) is 9.24. The van der Waals surface area contributed by atoms with Gasteiger partial charge in [0.25, 0.3) is 0 Å². The number of carboxylic acid groups (broad SMARTS) is 2. The summed E-state index contributed by atoms with van der Waals surface area (Å²) in [6.45, 7) is 2.83. The van der Waals surface area contributed by atoms with Crippen molar-refractivity contribution in [3.05, 3.63) is 10.6 Å². The normalized spacial score (nSPS) is 12.5. The highest BCUT2D eigenvalue weighted by molar-refractivity contribution is 6.28. The van der Waals surface area contributed by atoms with Crippen molar-refractivity contribution in [1.29, 1.82) is 0 Å². The molecule has 0 aliphatic carbocycles. The highest BCUT2D eigenvalue weighted by atomic mass is 35.5. The molecule has 0 saturated carbocycles. The van der Waals surface area contributed by atoms with Gasteiger partial charge in [0, 0.05) is 12.1 Å². The quantitative estimate of drug-likeness (QED) is 0.276. The molecule has 0 spiro atoms. The lowest BCUT2D eigenvalue weighted by Gasteiger charge is -2.18. The zero-order chi connectivity index (χ0) is 24.4. The van der Waals surface area contributed by atoms with Crippen molar-refractivity contribution >= 4 is 47.0 Å². The summed E-state index contributed by atoms with van der Waals surface area (Å²) in [6, 6.07) is -0.974. The smallest absolute Gasteiger partial charge is 0.341 e. The van der Waals surface area contributed by atoms with Gasteiger partial charge in [0.1, 0.15) is 0 Å². The fourth-order valence-corrected chi connectivity index (χ4v) is 2.42. The van der Waals surface area contributed by atoms with E-state index in [1.807, 2.05) is 0 Å². The zero-order valence-corrected chi connectivity index (χ0v) is 18.9. The van der Waals surface area contributed by atoms with Gasteiger partial charge < -0.3 is 35.1 Å². The van der Waals surface area contributed by atoms with Crippen LogP contribution in [-0.2, 0) is 14.3 Å². The van der Waals surface area contributed by atoms with E-state index in [2.05, 4.69) is 40.5 Å². The maximum atomic E-state index is 10.6. The second-order valence-corrected chi connectivity index (χ2v) is 7.09. The second kappa shape index (κ2) is 12.7. The Morgan fingerprint density at radius 2 is 1.18 bits per heavy atom. The van der Waals surface area contributed by atoms with Crippen LogP contribution in [0.15, 0.2) is 0 Å². The van der Waals surface area contributed by atoms with Gasteiger partial charge in [-0.1, -0.05) is 0 Å². The first-order chi connectivity index (χ1) is 15.6. The Morgan fingerprint density at radius 3 is 1.55 bits per heavy atom. The van der Waals surface area contributed by atoms with E-state index in [0.29, 0.717) is 0 Å². The lowest BCUT2D eigenvalue weighted by Crippen LogP contribution is -2.28. The lowest BCUT2D eigenvalue weighted by molar-refractivity contribution is -0.140. The summed E-state index contributed by atoms with van der Waals surface area (Å²) in [6.07, 6.45) is 0. The van der Waals surface area contributed by atoms with Crippen molar-refractivity contribution in [2.24, 2.45) is 0 Å². The van der Waals surface area contributed by atoms with E-state index in [1.165, 1.54) is 0 Å². The number of ether oxygens (including phenoxy) is 3. The van der Waals surface area contributed by atoms with Crippen LogP contribution in [0.4, 0.5) is 11.9 Å². The number of hydrogen-bond acceptors (Lipinski definition) is 13. The topological polar surface area (TPSA) is 204 Å². The minimum Gasteiger partial charge on any atom is -0.479 e. The maximum Gasteiger partial charge on any atom is 0.341 e. The molecule has 2 unspecified atom stereocenters. The van der Waals surface area contributed by atoms with Gasteiger partial charge in [-0.15, -0.1) is 0 Å². The van der Waals surface area contributed by atoms with Crippen LogP contribution in [0.5, 0.6) is 12.0 Å². The van der Waals surface area contributed by atoms with Gasteiger partial charge in [0.05, 0.1) is 13.2 Å². The molecule has 15 nitrogen and oxygen atoms in total. The average molecular weight is 507 g/mol. The van der Waals surface area contributed by atoms with Crippen LogP contribution in [-0.4, -0.2) is 90.6 Å². The fourth-order valence-electron chi connectivity index (χ4n) is 2.12. The number of rotatable bonds is 14. The molecule has 33 heavy (non-hydrogen) atoms. The van der Waals surface area contributed by atoms with Crippen molar-refractivity contribution in [3.8, 4) is 12.0 Å². The van der Waals surface area contributed by atoms with Crippen LogP contribution in [0, 0.1) is 0 Å². The van der Waals surface area contributed by atoms with Crippen LogP contribution in [0.3, 0.4) is 0 Å². The van der Waals surface area contributed by atoms with Gasteiger partial charge in [0.2, 0.25) is 22.5 Å². The molecule has 2 rings (SSSR count).